The molecular weight excluding hydrogens is 173 g/mol. The lowest BCUT2D eigenvalue weighted by atomic mass is 10.1. The molecule has 0 aromatic heterocycles. The number of aliphatic carboxylic acids is 1. The van der Waals surface area contributed by atoms with E-state index in [1.807, 2.05) is 0 Å². The Morgan fingerprint density at radius 2 is 2.08 bits per heavy atom. The second-order valence-corrected chi connectivity index (χ2v) is 2.36. The summed E-state index contributed by atoms with van der Waals surface area (Å²) in [5, 5.41) is 8.10. The minimum absolute atomic E-state index is 0.375. The van der Waals surface area contributed by atoms with Crippen LogP contribution in [0.1, 0.15) is 13.3 Å². The van der Waals surface area contributed by atoms with Gasteiger partial charge in [0.1, 0.15) is 0 Å². The van der Waals surface area contributed by atoms with Gasteiger partial charge in [0.25, 0.3) is 0 Å². The van der Waals surface area contributed by atoms with Crippen LogP contribution in [-0.4, -0.2) is 17.3 Å². The number of hydrogen-bond donors (Lipinski definition) is 1. The first kappa shape index (κ1) is 11.0. The smallest absolute Gasteiger partial charge is 0.394 e. The fourth-order valence-electron chi connectivity index (χ4n) is 0.482. The average Bonchev–Trinajstić information content (AvgIpc) is 1.84. The van der Waals surface area contributed by atoms with Crippen LogP contribution < -0.4 is 0 Å². The third-order valence-corrected chi connectivity index (χ3v) is 1.23. The molecule has 0 aliphatic rings. The minimum atomic E-state index is -4.28. The zero-order valence-electron chi connectivity index (χ0n) is 6.43. The van der Waals surface area contributed by atoms with Crippen molar-refractivity contribution < 1.29 is 23.1 Å². The van der Waals surface area contributed by atoms with Gasteiger partial charge in [0.05, 0.1) is 12.3 Å². The molecule has 0 aliphatic heterocycles. The van der Waals surface area contributed by atoms with E-state index in [0.29, 0.717) is 0 Å². The largest absolute Gasteiger partial charge is 0.481 e. The van der Waals surface area contributed by atoms with Gasteiger partial charge in [-0.15, -0.1) is 0 Å². The van der Waals surface area contributed by atoms with Gasteiger partial charge in [-0.3, -0.25) is 4.79 Å². The summed E-state index contributed by atoms with van der Waals surface area (Å²) in [7, 11) is 0. The van der Waals surface area contributed by atoms with E-state index in [1.54, 1.807) is 0 Å². The maximum atomic E-state index is 11.8. The van der Waals surface area contributed by atoms with Crippen molar-refractivity contribution >= 4 is 5.97 Å². The molecule has 0 bridgehead atoms. The van der Waals surface area contributed by atoms with Crippen molar-refractivity contribution in [2.45, 2.75) is 19.5 Å². The van der Waals surface area contributed by atoms with Gasteiger partial charge in [-0.05, 0) is 0 Å². The van der Waals surface area contributed by atoms with E-state index >= 15 is 0 Å². The fraction of sp³-hybridized carbons (Fsp3) is 0.571. The molecule has 1 N–H and O–H groups in total. The molecule has 0 rings (SSSR count). The second-order valence-electron chi connectivity index (χ2n) is 2.36. The molecule has 0 saturated heterocycles. The molecule has 0 heterocycles. The van der Waals surface area contributed by atoms with E-state index in [9.17, 15) is 18.0 Å². The number of carbonyl (C=O) groups is 1. The number of hydrogen-bond acceptors (Lipinski definition) is 1. The van der Waals surface area contributed by atoms with Crippen molar-refractivity contribution in [3.63, 3.8) is 0 Å². The maximum Gasteiger partial charge on any atom is 0.394 e. The van der Waals surface area contributed by atoms with Crippen LogP contribution >= 0.6 is 0 Å². The number of allylic oxidation sites excluding steroid dienone is 1. The molecule has 0 amide bonds. The first-order chi connectivity index (χ1) is 5.34. The summed E-state index contributed by atoms with van der Waals surface area (Å²) < 4.78 is 35.3. The number of carboxylic acids is 1. The van der Waals surface area contributed by atoms with E-state index in [1.165, 1.54) is 0 Å². The normalized spacial score (nSPS) is 15.0. The maximum absolute atomic E-state index is 11.8. The van der Waals surface area contributed by atoms with Gasteiger partial charge in [-0.25, -0.2) is 0 Å². The summed E-state index contributed by atoms with van der Waals surface area (Å²) in [5.41, 5.74) is 0. The zero-order chi connectivity index (χ0) is 9.78. The van der Waals surface area contributed by atoms with Gasteiger partial charge < -0.3 is 5.11 Å². The molecule has 2 nitrogen and oxygen atoms in total. The number of carboxylic acid groups (broad SMARTS) is 1. The zero-order valence-corrected chi connectivity index (χ0v) is 6.43. The molecule has 70 valence electrons. The topological polar surface area (TPSA) is 37.3 Å². The van der Waals surface area contributed by atoms with Crippen molar-refractivity contribution in [2.75, 3.05) is 0 Å². The van der Waals surface area contributed by atoms with Gasteiger partial charge in [0.2, 0.25) is 0 Å². The van der Waals surface area contributed by atoms with Crippen molar-refractivity contribution in [1.82, 2.24) is 0 Å². The molecule has 0 fully saturated rings. The van der Waals surface area contributed by atoms with Crippen molar-refractivity contribution in [3.8, 4) is 0 Å². The molecule has 12 heavy (non-hydrogen) atoms. The lowest BCUT2D eigenvalue weighted by molar-refractivity contribution is -0.156. The van der Waals surface area contributed by atoms with Crippen molar-refractivity contribution in [2.24, 2.45) is 5.92 Å². The first-order valence-electron chi connectivity index (χ1n) is 3.29. The molecule has 0 spiro atoms. The quantitative estimate of drug-likeness (QED) is 0.679. The lowest BCUT2D eigenvalue weighted by Crippen LogP contribution is -2.17. The van der Waals surface area contributed by atoms with E-state index < -0.39 is 18.1 Å². The number of halogens is 3. The Hall–Kier alpha value is -1.00. The molecule has 5 heteroatoms. The minimum Gasteiger partial charge on any atom is -0.481 e. The highest BCUT2D eigenvalue weighted by molar-refractivity contribution is 5.68. The number of rotatable bonds is 3. The van der Waals surface area contributed by atoms with Crippen molar-refractivity contribution in [1.29, 1.82) is 0 Å². The Bertz CT molecular complexity index is 184. The van der Waals surface area contributed by atoms with Gasteiger partial charge in [-0.1, -0.05) is 19.1 Å². The molecule has 1 atom stereocenters. The predicted molar refractivity (Wildman–Crippen MR) is 36.6 cm³/mol. The Morgan fingerprint density at radius 1 is 1.58 bits per heavy atom. The molecule has 0 aromatic rings. The summed E-state index contributed by atoms with van der Waals surface area (Å²) in [6.45, 7) is 0.971. The van der Waals surface area contributed by atoms with Crippen LogP contribution in [-0.2, 0) is 4.79 Å². The third kappa shape index (κ3) is 4.76. The SMILES string of the molecule is CC(/C=C/CC(=O)O)C(F)(F)F. The Kier molecular flexibility index (Phi) is 3.79. The third-order valence-electron chi connectivity index (χ3n) is 1.23. The Balaban J connectivity index is 3.92. The fourth-order valence-corrected chi connectivity index (χ4v) is 0.482. The van der Waals surface area contributed by atoms with E-state index in [0.717, 1.165) is 19.1 Å². The standard InChI is InChI=1S/C7H9F3O2/c1-5(7(8,9)10)3-2-4-6(11)12/h2-3,5H,4H2,1H3,(H,11,12)/b3-2+. The Morgan fingerprint density at radius 3 is 2.42 bits per heavy atom. The second kappa shape index (κ2) is 4.13. The summed E-state index contributed by atoms with van der Waals surface area (Å²) in [6.07, 6.45) is -2.82. The van der Waals surface area contributed by atoms with Crippen LogP contribution in [0.4, 0.5) is 13.2 Å². The summed E-state index contributed by atoms with van der Waals surface area (Å²) >= 11 is 0. The summed E-state index contributed by atoms with van der Waals surface area (Å²) in [5.74, 6) is -2.72. The van der Waals surface area contributed by atoms with Crippen LogP contribution in [0, 0.1) is 5.92 Å². The molecule has 0 aromatic carbocycles. The first-order valence-corrected chi connectivity index (χ1v) is 3.29. The van der Waals surface area contributed by atoms with Crippen LogP contribution in [0.2, 0.25) is 0 Å². The van der Waals surface area contributed by atoms with Crippen LogP contribution in [0.5, 0.6) is 0 Å². The van der Waals surface area contributed by atoms with Gasteiger partial charge >= 0.3 is 12.1 Å². The van der Waals surface area contributed by atoms with Crippen molar-refractivity contribution in [3.05, 3.63) is 12.2 Å². The molecule has 0 aliphatic carbocycles. The monoisotopic (exact) mass is 182 g/mol. The van der Waals surface area contributed by atoms with Gasteiger partial charge in [-0.2, -0.15) is 13.2 Å². The molecule has 0 saturated carbocycles. The molecule has 1 unspecified atom stereocenters. The highest BCUT2D eigenvalue weighted by atomic mass is 19.4. The van der Waals surface area contributed by atoms with E-state index in [-0.39, 0.29) is 6.42 Å². The average molecular weight is 182 g/mol. The van der Waals surface area contributed by atoms with E-state index in [2.05, 4.69) is 0 Å². The number of alkyl halides is 3. The highest BCUT2D eigenvalue weighted by Crippen LogP contribution is 2.26. The molecule has 0 radical (unpaired) electrons. The lowest BCUT2D eigenvalue weighted by Gasteiger charge is -2.10. The van der Waals surface area contributed by atoms with Crippen LogP contribution in [0.3, 0.4) is 0 Å². The van der Waals surface area contributed by atoms with Crippen LogP contribution in [0.15, 0.2) is 12.2 Å². The predicted octanol–water partition coefficient (Wildman–Crippen LogP) is 2.22. The van der Waals surface area contributed by atoms with Gasteiger partial charge in [0, 0.05) is 0 Å². The van der Waals surface area contributed by atoms with Crippen LogP contribution in [0.25, 0.3) is 0 Å². The molecular formula is C7H9F3O2. The highest BCUT2D eigenvalue weighted by Gasteiger charge is 2.33. The van der Waals surface area contributed by atoms with E-state index in [4.69, 9.17) is 5.11 Å². The summed E-state index contributed by atoms with van der Waals surface area (Å²) in [4.78, 5) is 9.90. The Labute approximate surface area is 67.7 Å². The summed E-state index contributed by atoms with van der Waals surface area (Å²) in [6, 6.07) is 0. The van der Waals surface area contributed by atoms with Gasteiger partial charge in [0.15, 0.2) is 0 Å².